The summed E-state index contributed by atoms with van der Waals surface area (Å²) in [4.78, 5) is 22.7. The molecule has 0 aromatic heterocycles. The maximum absolute atomic E-state index is 11.7. The van der Waals surface area contributed by atoms with Crippen molar-refractivity contribution >= 4 is 11.9 Å². The Hall–Kier alpha value is -2.04. The molecule has 0 saturated heterocycles. The number of aryl methyl sites for hydroxylation is 2. The van der Waals surface area contributed by atoms with Crippen LogP contribution in [0.3, 0.4) is 0 Å². The highest BCUT2D eigenvalue weighted by atomic mass is 16.5. The van der Waals surface area contributed by atoms with E-state index in [9.17, 15) is 9.59 Å². The predicted molar refractivity (Wildman–Crippen MR) is 80.4 cm³/mol. The first-order chi connectivity index (χ1) is 9.81. The van der Waals surface area contributed by atoms with Gasteiger partial charge in [0.15, 0.2) is 0 Å². The fourth-order valence-corrected chi connectivity index (χ4v) is 1.97. The van der Waals surface area contributed by atoms with E-state index in [4.69, 9.17) is 9.84 Å². The van der Waals surface area contributed by atoms with Gasteiger partial charge in [-0.05, 0) is 31.4 Å². The Balaban J connectivity index is 2.44. The van der Waals surface area contributed by atoms with Crippen molar-refractivity contribution in [2.24, 2.45) is 5.92 Å². The number of carboxylic acid groups (broad SMARTS) is 1. The van der Waals surface area contributed by atoms with Gasteiger partial charge in [-0.15, -0.1) is 0 Å². The number of carbonyl (C=O) groups excluding carboxylic acids is 1. The second-order valence-corrected chi connectivity index (χ2v) is 5.49. The fraction of sp³-hybridized carbons (Fsp3) is 0.500. The quantitative estimate of drug-likeness (QED) is 0.809. The minimum atomic E-state index is -1.02. The van der Waals surface area contributed by atoms with Crippen molar-refractivity contribution in [1.29, 1.82) is 0 Å². The van der Waals surface area contributed by atoms with Crippen LogP contribution in [0.2, 0.25) is 0 Å². The monoisotopic (exact) mass is 293 g/mol. The van der Waals surface area contributed by atoms with Crippen molar-refractivity contribution in [2.45, 2.75) is 40.2 Å². The van der Waals surface area contributed by atoms with E-state index in [1.165, 1.54) is 0 Å². The Morgan fingerprint density at radius 2 is 1.95 bits per heavy atom. The highest BCUT2D eigenvalue weighted by Crippen LogP contribution is 2.18. The molecule has 1 rings (SSSR count). The number of nitrogens with one attached hydrogen (secondary N) is 1. The van der Waals surface area contributed by atoms with E-state index < -0.39 is 12.0 Å². The average molecular weight is 293 g/mol. The highest BCUT2D eigenvalue weighted by Gasteiger charge is 2.23. The van der Waals surface area contributed by atoms with Crippen LogP contribution in [0.25, 0.3) is 0 Å². The van der Waals surface area contributed by atoms with Gasteiger partial charge in [-0.25, -0.2) is 4.79 Å². The third-order valence-corrected chi connectivity index (χ3v) is 3.17. The molecule has 1 aromatic carbocycles. The van der Waals surface area contributed by atoms with Gasteiger partial charge in [-0.3, -0.25) is 4.79 Å². The van der Waals surface area contributed by atoms with E-state index in [1.54, 1.807) is 13.8 Å². The fourth-order valence-electron chi connectivity index (χ4n) is 1.97. The van der Waals surface area contributed by atoms with Crippen molar-refractivity contribution in [3.63, 3.8) is 0 Å². The molecule has 1 aromatic rings. The van der Waals surface area contributed by atoms with Crippen LogP contribution in [0.15, 0.2) is 18.2 Å². The lowest BCUT2D eigenvalue weighted by Crippen LogP contribution is -2.44. The van der Waals surface area contributed by atoms with Crippen LogP contribution in [0, 0.1) is 19.8 Å². The van der Waals surface area contributed by atoms with Crippen LogP contribution in [-0.4, -0.2) is 29.6 Å². The molecule has 21 heavy (non-hydrogen) atoms. The third-order valence-electron chi connectivity index (χ3n) is 3.17. The van der Waals surface area contributed by atoms with Crippen LogP contribution in [0.1, 0.15) is 31.4 Å². The summed E-state index contributed by atoms with van der Waals surface area (Å²) in [6.07, 6.45) is 0.129. The first kappa shape index (κ1) is 17.0. The Labute approximate surface area is 125 Å². The van der Waals surface area contributed by atoms with E-state index in [-0.39, 0.29) is 24.9 Å². The molecule has 1 amide bonds. The number of ether oxygens (including phenoxy) is 1. The molecule has 0 aliphatic rings. The van der Waals surface area contributed by atoms with Crippen molar-refractivity contribution in [1.82, 2.24) is 5.32 Å². The van der Waals surface area contributed by atoms with Gasteiger partial charge in [0, 0.05) is 0 Å². The number of carbonyl (C=O) groups is 2. The van der Waals surface area contributed by atoms with Gasteiger partial charge in [0.1, 0.15) is 11.8 Å². The SMILES string of the molecule is Cc1ccc(OCCC(=O)NC(C(=O)O)C(C)C)c(C)c1. The van der Waals surface area contributed by atoms with E-state index >= 15 is 0 Å². The average Bonchev–Trinajstić information content (AvgIpc) is 2.37. The second-order valence-electron chi connectivity index (χ2n) is 5.49. The molecule has 0 saturated carbocycles. The summed E-state index contributed by atoms with van der Waals surface area (Å²) < 4.78 is 5.56. The number of aliphatic carboxylic acids is 1. The highest BCUT2D eigenvalue weighted by molar-refractivity contribution is 5.83. The summed E-state index contributed by atoms with van der Waals surface area (Å²) in [5.74, 6) is -0.756. The molecule has 1 atom stereocenters. The van der Waals surface area contributed by atoms with Gasteiger partial charge in [-0.1, -0.05) is 31.5 Å². The molecule has 5 nitrogen and oxygen atoms in total. The summed E-state index contributed by atoms with van der Waals surface area (Å²) in [6, 6.07) is 4.96. The molecule has 0 aliphatic heterocycles. The van der Waals surface area contributed by atoms with Crippen molar-refractivity contribution in [3.05, 3.63) is 29.3 Å². The van der Waals surface area contributed by atoms with Gasteiger partial charge >= 0.3 is 5.97 Å². The van der Waals surface area contributed by atoms with Crippen molar-refractivity contribution in [2.75, 3.05) is 6.61 Å². The Kier molecular flexibility index (Phi) is 6.21. The zero-order valence-electron chi connectivity index (χ0n) is 13.0. The maximum atomic E-state index is 11.7. The Bertz CT molecular complexity index is 511. The summed E-state index contributed by atoms with van der Waals surface area (Å²) in [5.41, 5.74) is 2.17. The minimum absolute atomic E-state index is 0.129. The molecular weight excluding hydrogens is 270 g/mol. The lowest BCUT2D eigenvalue weighted by Gasteiger charge is -2.18. The van der Waals surface area contributed by atoms with Crippen LogP contribution in [0.5, 0.6) is 5.75 Å². The van der Waals surface area contributed by atoms with Gasteiger partial charge < -0.3 is 15.2 Å². The van der Waals surface area contributed by atoms with E-state index in [0.717, 1.165) is 16.9 Å². The zero-order valence-corrected chi connectivity index (χ0v) is 13.0. The molecule has 0 aliphatic carbocycles. The number of benzene rings is 1. The largest absolute Gasteiger partial charge is 0.493 e. The first-order valence-electron chi connectivity index (χ1n) is 7.03. The van der Waals surface area contributed by atoms with Gasteiger partial charge in [0.25, 0.3) is 0 Å². The minimum Gasteiger partial charge on any atom is -0.493 e. The van der Waals surface area contributed by atoms with Crippen LogP contribution < -0.4 is 10.1 Å². The summed E-state index contributed by atoms with van der Waals surface area (Å²) in [5, 5.41) is 11.5. The molecule has 0 spiro atoms. The van der Waals surface area contributed by atoms with Crippen LogP contribution >= 0.6 is 0 Å². The van der Waals surface area contributed by atoms with Gasteiger partial charge in [0.05, 0.1) is 13.0 Å². The third kappa shape index (κ3) is 5.45. The zero-order chi connectivity index (χ0) is 16.0. The molecule has 116 valence electrons. The number of carboxylic acids is 1. The maximum Gasteiger partial charge on any atom is 0.326 e. The molecule has 2 N–H and O–H groups in total. The summed E-state index contributed by atoms with van der Waals surface area (Å²) >= 11 is 0. The second kappa shape index (κ2) is 7.67. The smallest absolute Gasteiger partial charge is 0.326 e. The molecule has 5 heteroatoms. The van der Waals surface area contributed by atoms with E-state index in [0.29, 0.717) is 0 Å². The summed E-state index contributed by atoms with van der Waals surface area (Å²) in [7, 11) is 0. The standard InChI is InChI=1S/C16H23NO4/c1-10(2)15(16(19)20)17-14(18)7-8-21-13-6-5-11(3)9-12(13)4/h5-6,9-10,15H,7-8H2,1-4H3,(H,17,18)(H,19,20). The topological polar surface area (TPSA) is 75.6 Å². The van der Waals surface area contributed by atoms with Gasteiger partial charge in [0.2, 0.25) is 5.91 Å². The molecule has 0 heterocycles. The molecule has 0 bridgehead atoms. The Morgan fingerprint density at radius 3 is 2.48 bits per heavy atom. The molecule has 0 fully saturated rings. The van der Waals surface area contributed by atoms with Crippen LogP contribution in [0.4, 0.5) is 0 Å². The van der Waals surface area contributed by atoms with Crippen molar-refractivity contribution in [3.8, 4) is 5.75 Å². The van der Waals surface area contributed by atoms with E-state index in [2.05, 4.69) is 5.32 Å². The Morgan fingerprint density at radius 1 is 1.29 bits per heavy atom. The molecule has 1 unspecified atom stereocenters. The van der Waals surface area contributed by atoms with Crippen molar-refractivity contribution < 1.29 is 19.4 Å². The lowest BCUT2D eigenvalue weighted by atomic mass is 10.0. The predicted octanol–water partition coefficient (Wildman–Crippen LogP) is 2.30. The van der Waals surface area contributed by atoms with Gasteiger partial charge in [-0.2, -0.15) is 0 Å². The van der Waals surface area contributed by atoms with Crippen LogP contribution in [-0.2, 0) is 9.59 Å². The molecule has 0 radical (unpaired) electrons. The van der Waals surface area contributed by atoms with E-state index in [1.807, 2.05) is 32.0 Å². The number of rotatable bonds is 7. The summed E-state index contributed by atoms with van der Waals surface area (Å²) in [6.45, 7) is 7.68. The normalized spacial score (nSPS) is 12.0. The number of amides is 1. The molecular formula is C16H23NO4. The number of hydrogen-bond acceptors (Lipinski definition) is 3. The first-order valence-corrected chi connectivity index (χ1v) is 7.03. The number of hydrogen-bond donors (Lipinski definition) is 2. The lowest BCUT2D eigenvalue weighted by molar-refractivity contribution is -0.143.